The van der Waals surface area contributed by atoms with E-state index in [-0.39, 0.29) is 17.3 Å². The lowest BCUT2D eigenvalue weighted by Gasteiger charge is -2.37. The van der Waals surface area contributed by atoms with Gasteiger partial charge < -0.3 is 19.1 Å². The van der Waals surface area contributed by atoms with Crippen LogP contribution in [0.25, 0.3) is 6.08 Å². The van der Waals surface area contributed by atoms with Gasteiger partial charge in [0.05, 0.1) is 20.3 Å². The largest absolute Gasteiger partial charge is 0.493 e. The maximum atomic E-state index is 14.9. The molecule has 45 heavy (non-hydrogen) atoms. The smallest absolute Gasteiger partial charge is 0.308 e. The van der Waals surface area contributed by atoms with Gasteiger partial charge in [-0.25, -0.2) is 0 Å². The van der Waals surface area contributed by atoms with Gasteiger partial charge in [0, 0.05) is 35.2 Å². The van der Waals surface area contributed by atoms with Gasteiger partial charge in [0.25, 0.3) is 0 Å². The van der Waals surface area contributed by atoms with E-state index in [1.165, 1.54) is 21.1 Å². The number of para-hydroxylation sites is 1. The van der Waals surface area contributed by atoms with Crippen molar-refractivity contribution in [2.45, 2.75) is 24.9 Å². The first kappa shape index (κ1) is 28.3. The van der Waals surface area contributed by atoms with Gasteiger partial charge in [0.1, 0.15) is 17.2 Å². The Morgan fingerprint density at radius 3 is 2.07 bits per heavy atom. The van der Waals surface area contributed by atoms with Crippen LogP contribution in [0.15, 0.2) is 97.1 Å². The molecule has 2 heterocycles. The number of anilines is 1. The Kier molecular flexibility index (Phi) is 6.66. The number of ether oxygens (including phenoxy) is 3. The summed E-state index contributed by atoms with van der Waals surface area (Å²) in [5, 5.41) is 0. The number of hydrogen-bond acceptors (Lipinski definition) is 8. The SMILES string of the molecule is COc1ccc([C@H]2[C@H](C(=O)c3ccc(OC(C)=O)cc3)N3c4ccccc4C=C[C@H]3C23C(=O)c2ccccc2C3=O)cc1OC. The first-order chi connectivity index (χ1) is 21.8. The molecule has 8 heteroatoms. The zero-order valence-electron chi connectivity index (χ0n) is 24.9. The zero-order chi connectivity index (χ0) is 31.5. The summed E-state index contributed by atoms with van der Waals surface area (Å²) in [4.78, 5) is 58.0. The average Bonchev–Trinajstić information content (AvgIpc) is 3.50. The molecule has 0 bridgehead atoms. The second kappa shape index (κ2) is 10.6. The number of ketones is 3. The van der Waals surface area contributed by atoms with Gasteiger partial charge in [-0.2, -0.15) is 0 Å². The predicted octanol–water partition coefficient (Wildman–Crippen LogP) is 5.95. The maximum absolute atomic E-state index is 14.9. The Bertz CT molecular complexity index is 1890. The zero-order valence-corrected chi connectivity index (χ0v) is 24.9. The molecule has 4 aromatic rings. The third-order valence-electron chi connectivity index (χ3n) is 9.15. The normalized spacial score (nSPS) is 20.4. The number of fused-ring (bicyclic) bond motifs is 5. The van der Waals surface area contributed by atoms with Crippen molar-refractivity contribution in [2.24, 2.45) is 5.41 Å². The summed E-state index contributed by atoms with van der Waals surface area (Å²) in [5.41, 5.74) is 1.61. The van der Waals surface area contributed by atoms with E-state index < -0.39 is 29.4 Å². The summed E-state index contributed by atoms with van der Waals surface area (Å²) in [6.45, 7) is 1.31. The van der Waals surface area contributed by atoms with Crippen LogP contribution in [0.1, 0.15) is 55.0 Å². The monoisotopic (exact) mass is 599 g/mol. The number of carbonyl (C=O) groups excluding carboxylic acids is 4. The van der Waals surface area contributed by atoms with Crippen LogP contribution < -0.4 is 19.1 Å². The Morgan fingerprint density at radius 2 is 1.42 bits per heavy atom. The van der Waals surface area contributed by atoms with Gasteiger partial charge in [0.2, 0.25) is 0 Å². The Hall–Kier alpha value is -5.50. The van der Waals surface area contributed by atoms with E-state index in [0.717, 1.165) is 11.3 Å². The lowest BCUT2D eigenvalue weighted by atomic mass is 9.64. The van der Waals surface area contributed by atoms with Gasteiger partial charge in [-0.15, -0.1) is 0 Å². The van der Waals surface area contributed by atoms with Crippen LogP contribution in [0.3, 0.4) is 0 Å². The molecule has 0 aromatic heterocycles. The van der Waals surface area contributed by atoms with Crippen LogP contribution in [0, 0.1) is 5.41 Å². The highest BCUT2D eigenvalue weighted by Crippen LogP contribution is 2.61. The molecule has 3 aliphatic rings. The number of hydrogen-bond donors (Lipinski definition) is 0. The summed E-state index contributed by atoms with van der Waals surface area (Å²) >= 11 is 0. The fourth-order valence-corrected chi connectivity index (χ4v) is 7.36. The van der Waals surface area contributed by atoms with E-state index in [0.29, 0.717) is 39.5 Å². The highest BCUT2D eigenvalue weighted by atomic mass is 16.5. The fourth-order valence-electron chi connectivity index (χ4n) is 7.36. The predicted molar refractivity (Wildman–Crippen MR) is 167 cm³/mol. The highest BCUT2D eigenvalue weighted by molar-refractivity contribution is 6.32. The summed E-state index contributed by atoms with van der Waals surface area (Å²) in [6, 6.07) is 24.4. The molecule has 0 unspecified atom stereocenters. The van der Waals surface area contributed by atoms with Crippen molar-refractivity contribution >= 4 is 35.1 Å². The molecule has 4 aromatic carbocycles. The molecule has 1 aliphatic carbocycles. The van der Waals surface area contributed by atoms with Crippen molar-refractivity contribution in [3.05, 3.63) is 125 Å². The first-order valence-electron chi connectivity index (χ1n) is 14.6. The van der Waals surface area contributed by atoms with Crippen molar-refractivity contribution in [3.63, 3.8) is 0 Å². The highest BCUT2D eigenvalue weighted by Gasteiger charge is 2.71. The molecule has 1 fully saturated rings. The summed E-state index contributed by atoms with van der Waals surface area (Å²) < 4.78 is 16.4. The molecule has 0 radical (unpaired) electrons. The molecule has 7 rings (SSSR count). The van der Waals surface area contributed by atoms with Gasteiger partial charge in [-0.1, -0.05) is 60.7 Å². The molecule has 0 amide bonds. The van der Waals surface area contributed by atoms with E-state index in [1.54, 1.807) is 66.7 Å². The van der Waals surface area contributed by atoms with E-state index in [1.807, 2.05) is 41.3 Å². The molecule has 224 valence electrons. The average molecular weight is 600 g/mol. The number of nitrogens with zero attached hydrogens (tertiary/aromatic N) is 1. The molecular weight excluding hydrogens is 570 g/mol. The van der Waals surface area contributed by atoms with Crippen molar-refractivity contribution in [1.82, 2.24) is 0 Å². The Morgan fingerprint density at radius 1 is 0.778 bits per heavy atom. The second-order valence-corrected chi connectivity index (χ2v) is 11.4. The lowest BCUT2D eigenvalue weighted by molar-refractivity contribution is -0.131. The number of benzene rings is 4. The third kappa shape index (κ3) is 4.05. The van der Waals surface area contributed by atoms with Crippen LogP contribution in [0.2, 0.25) is 0 Å². The number of Topliss-reactive ketones (excluding diaryl/α,β-unsaturated/α-hetero) is 3. The van der Waals surface area contributed by atoms with Crippen LogP contribution in [0.4, 0.5) is 5.69 Å². The quantitative estimate of drug-likeness (QED) is 0.116. The number of methoxy groups -OCH3 is 2. The molecule has 8 nitrogen and oxygen atoms in total. The third-order valence-corrected chi connectivity index (χ3v) is 9.15. The Balaban J connectivity index is 1.50. The summed E-state index contributed by atoms with van der Waals surface area (Å²) in [7, 11) is 3.05. The minimum atomic E-state index is -1.65. The van der Waals surface area contributed by atoms with Crippen LogP contribution in [0.5, 0.6) is 17.2 Å². The minimum absolute atomic E-state index is 0.285. The van der Waals surface area contributed by atoms with Gasteiger partial charge in [0.15, 0.2) is 28.8 Å². The molecule has 1 spiro atoms. The molecule has 0 N–H and O–H groups in total. The van der Waals surface area contributed by atoms with Crippen LogP contribution in [-0.4, -0.2) is 49.6 Å². The van der Waals surface area contributed by atoms with Crippen molar-refractivity contribution in [2.75, 3.05) is 19.1 Å². The van der Waals surface area contributed by atoms with Gasteiger partial charge in [-0.3, -0.25) is 19.2 Å². The van der Waals surface area contributed by atoms with Crippen LogP contribution in [-0.2, 0) is 4.79 Å². The van der Waals surface area contributed by atoms with Gasteiger partial charge in [-0.05, 0) is 53.6 Å². The minimum Gasteiger partial charge on any atom is -0.493 e. The lowest BCUT2D eigenvalue weighted by Crippen LogP contribution is -2.48. The molecule has 3 atom stereocenters. The molecular formula is C37H29NO7. The Labute approximate surface area is 259 Å². The summed E-state index contributed by atoms with van der Waals surface area (Å²) in [6.07, 6.45) is 3.81. The summed E-state index contributed by atoms with van der Waals surface area (Å²) in [5.74, 6) is -1.11. The fraction of sp³-hybridized carbons (Fsp3) is 0.189. The molecule has 1 saturated heterocycles. The number of esters is 1. The van der Waals surface area contributed by atoms with Crippen molar-refractivity contribution in [1.29, 1.82) is 0 Å². The number of rotatable bonds is 6. The molecule has 2 aliphatic heterocycles. The van der Waals surface area contributed by atoms with Crippen molar-refractivity contribution in [3.8, 4) is 17.2 Å². The van der Waals surface area contributed by atoms with Crippen LogP contribution >= 0.6 is 0 Å². The van der Waals surface area contributed by atoms with E-state index in [2.05, 4.69) is 0 Å². The number of carbonyl (C=O) groups is 4. The van der Waals surface area contributed by atoms with Gasteiger partial charge >= 0.3 is 5.97 Å². The standard InChI is InChI=1S/C37H29NO7/c1-21(39)45-25-16-12-23(13-17-25)34(40)33-32(24-14-18-29(43-2)30(20-24)44-3)37(35(41)26-9-5-6-10-27(26)36(37)42)31-19-15-22-8-4-7-11-28(22)38(31)33/h4-20,31-33H,1-3H3/t31-,32-,33+/m0/s1. The van der Waals surface area contributed by atoms with E-state index in [9.17, 15) is 19.2 Å². The maximum Gasteiger partial charge on any atom is 0.308 e. The van der Waals surface area contributed by atoms with E-state index in [4.69, 9.17) is 14.2 Å². The van der Waals surface area contributed by atoms with E-state index >= 15 is 0 Å². The first-order valence-corrected chi connectivity index (χ1v) is 14.6. The molecule has 0 saturated carbocycles. The van der Waals surface area contributed by atoms with Crippen molar-refractivity contribution < 1.29 is 33.4 Å². The second-order valence-electron chi connectivity index (χ2n) is 11.4. The topological polar surface area (TPSA) is 99.2 Å².